The Hall–Kier alpha value is -0.110. The Labute approximate surface area is 62.3 Å². The zero-order chi connectivity index (χ0) is 7.82. The van der Waals surface area contributed by atoms with Crippen LogP contribution in [-0.4, -0.2) is 17.9 Å². The molecule has 0 heterocycles. The molecule has 1 nitrogen and oxygen atoms in total. The monoisotopic (exact) mass is 148 g/mol. The molecule has 1 atom stereocenters. The van der Waals surface area contributed by atoms with Gasteiger partial charge >= 0.3 is 0 Å². The molecule has 10 heavy (non-hydrogen) atoms. The maximum atomic E-state index is 11.5. The molecule has 1 N–H and O–H groups in total. The molecule has 0 bridgehead atoms. The smallest absolute Gasteiger partial charge is 0.0894 e. The summed E-state index contributed by atoms with van der Waals surface area (Å²) < 4.78 is 11.5. The first-order chi connectivity index (χ1) is 4.81. The van der Waals surface area contributed by atoms with Crippen molar-refractivity contribution < 1.29 is 9.50 Å². The number of halogens is 1. The summed E-state index contributed by atoms with van der Waals surface area (Å²) in [6.45, 7) is 1.79. The lowest BCUT2D eigenvalue weighted by Gasteiger charge is -2.06. The van der Waals surface area contributed by atoms with Crippen LogP contribution in [0, 0.1) is 0 Å². The SMILES string of the molecule is CCCC(O)CCCCF. The summed E-state index contributed by atoms with van der Waals surface area (Å²) >= 11 is 0. The van der Waals surface area contributed by atoms with E-state index < -0.39 is 0 Å². The van der Waals surface area contributed by atoms with Crippen molar-refractivity contribution in [1.29, 1.82) is 0 Å². The largest absolute Gasteiger partial charge is 0.393 e. The molecular weight excluding hydrogens is 131 g/mol. The van der Waals surface area contributed by atoms with Gasteiger partial charge in [0.25, 0.3) is 0 Å². The third-order valence-corrected chi connectivity index (χ3v) is 1.54. The molecular formula is C8H17FO. The predicted molar refractivity (Wildman–Crippen MR) is 40.7 cm³/mol. The number of rotatable bonds is 6. The first-order valence-electron chi connectivity index (χ1n) is 4.05. The van der Waals surface area contributed by atoms with Crippen molar-refractivity contribution in [3.63, 3.8) is 0 Å². The highest BCUT2D eigenvalue weighted by atomic mass is 19.1. The van der Waals surface area contributed by atoms with Gasteiger partial charge in [0.05, 0.1) is 12.8 Å². The lowest BCUT2D eigenvalue weighted by Crippen LogP contribution is -2.05. The van der Waals surface area contributed by atoms with E-state index >= 15 is 0 Å². The molecule has 0 rings (SSSR count). The first-order valence-corrected chi connectivity index (χ1v) is 4.05. The number of aliphatic hydroxyl groups is 1. The maximum absolute atomic E-state index is 11.5. The molecule has 2 heteroatoms. The van der Waals surface area contributed by atoms with Gasteiger partial charge in [-0.25, -0.2) is 0 Å². The van der Waals surface area contributed by atoms with Gasteiger partial charge in [0.15, 0.2) is 0 Å². The summed E-state index contributed by atoms with van der Waals surface area (Å²) in [6, 6.07) is 0. The van der Waals surface area contributed by atoms with Crippen molar-refractivity contribution in [2.24, 2.45) is 0 Å². The Kier molecular flexibility index (Phi) is 6.93. The minimum absolute atomic E-state index is 0.198. The fourth-order valence-electron chi connectivity index (χ4n) is 0.952. The summed E-state index contributed by atoms with van der Waals surface area (Å²) in [5, 5.41) is 9.15. The Balaban J connectivity index is 2.97. The van der Waals surface area contributed by atoms with Crippen LogP contribution in [0.3, 0.4) is 0 Å². The van der Waals surface area contributed by atoms with Crippen LogP contribution in [0.1, 0.15) is 39.0 Å². The number of unbranched alkanes of at least 4 members (excludes halogenated alkanes) is 1. The Morgan fingerprint density at radius 1 is 1.30 bits per heavy atom. The van der Waals surface area contributed by atoms with Crippen LogP contribution < -0.4 is 0 Å². The van der Waals surface area contributed by atoms with Crippen LogP contribution in [-0.2, 0) is 0 Å². The lowest BCUT2D eigenvalue weighted by atomic mass is 10.1. The van der Waals surface area contributed by atoms with Gasteiger partial charge in [0.2, 0.25) is 0 Å². The van der Waals surface area contributed by atoms with Crippen molar-refractivity contribution in [3.8, 4) is 0 Å². The second kappa shape index (κ2) is 7.00. The Morgan fingerprint density at radius 3 is 2.50 bits per heavy atom. The molecule has 1 unspecified atom stereocenters. The van der Waals surface area contributed by atoms with Crippen LogP contribution in [0.15, 0.2) is 0 Å². The molecule has 0 aliphatic heterocycles. The summed E-state index contributed by atoms with van der Waals surface area (Å²) in [6.07, 6.45) is 3.84. The average molecular weight is 148 g/mol. The second-order valence-electron chi connectivity index (χ2n) is 2.63. The standard InChI is InChI=1S/C8H17FO/c1-2-5-8(10)6-3-4-7-9/h8,10H,2-7H2,1H3. The van der Waals surface area contributed by atoms with E-state index in [0.29, 0.717) is 6.42 Å². The molecule has 0 aromatic rings. The maximum Gasteiger partial charge on any atom is 0.0894 e. The minimum atomic E-state index is -0.251. The van der Waals surface area contributed by atoms with E-state index in [9.17, 15) is 4.39 Å². The quantitative estimate of drug-likeness (QED) is 0.573. The van der Waals surface area contributed by atoms with Gasteiger partial charge in [0, 0.05) is 0 Å². The minimum Gasteiger partial charge on any atom is -0.393 e. The molecule has 0 radical (unpaired) electrons. The molecule has 0 fully saturated rings. The normalized spacial score (nSPS) is 13.5. The Morgan fingerprint density at radius 2 is 2.00 bits per heavy atom. The predicted octanol–water partition coefficient (Wildman–Crippen LogP) is 2.29. The highest BCUT2D eigenvalue weighted by molar-refractivity contribution is 4.53. The molecule has 0 saturated heterocycles. The van der Waals surface area contributed by atoms with E-state index in [1.807, 2.05) is 6.92 Å². The van der Waals surface area contributed by atoms with Gasteiger partial charge in [-0.3, -0.25) is 4.39 Å². The van der Waals surface area contributed by atoms with E-state index in [4.69, 9.17) is 5.11 Å². The third kappa shape index (κ3) is 6.02. The van der Waals surface area contributed by atoms with Crippen molar-refractivity contribution in [1.82, 2.24) is 0 Å². The highest BCUT2D eigenvalue weighted by Gasteiger charge is 2.00. The van der Waals surface area contributed by atoms with Gasteiger partial charge in [-0.2, -0.15) is 0 Å². The van der Waals surface area contributed by atoms with Gasteiger partial charge in [-0.15, -0.1) is 0 Å². The van der Waals surface area contributed by atoms with Gasteiger partial charge in [0.1, 0.15) is 0 Å². The number of alkyl halides is 1. The van der Waals surface area contributed by atoms with Crippen molar-refractivity contribution in [2.45, 2.75) is 45.1 Å². The molecule has 0 aliphatic rings. The topological polar surface area (TPSA) is 20.2 Å². The van der Waals surface area contributed by atoms with E-state index in [1.165, 1.54) is 0 Å². The highest BCUT2D eigenvalue weighted by Crippen LogP contribution is 2.05. The van der Waals surface area contributed by atoms with Crippen LogP contribution in [0.2, 0.25) is 0 Å². The molecule has 0 amide bonds. The fraction of sp³-hybridized carbons (Fsp3) is 1.00. The van der Waals surface area contributed by atoms with Crippen LogP contribution in [0.5, 0.6) is 0 Å². The molecule has 62 valence electrons. The van der Waals surface area contributed by atoms with Crippen molar-refractivity contribution in [2.75, 3.05) is 6.67 Å². The zero-order valence-electron chi connectivity index (χ0n) is 6.65. The molecule has 0 spiro atoms. The van der Waals surface area contributed by atoms with Crippen LogP contribution in [0.4, 0.5) is 4.39 Å². The average Bonchev–Trinajstić information content (AvgIpc) is 1.89. The molecule has 0 aliphatic carbocycles. The molecule has 0 saturated carbocycles. The summed E-state index contributed by atoms with van der Waals surface area (Å²) in [4.78, 5) is 0. The van der Waals surface area contributed by atoms with E-state index in [1.54, 1.807) is 0 Å². The second-order valence-corrected chi connectivity index (χ2v) is 2.63. The van der Waals surface area contributed by atoms with Crippen LogP contribution >= 0.6 is 0 Å². The zero-order valence-corrected chi connectivity index (χ0v) is 6.65. The number of aliphatic hydroxyl groups excluding tert-OH is 1. The Bertz CT molecular complexity index is 66.3. The first kappa shape index (κ1) is 9.89. The van der Waals surface area contributed by atoms with Crippen molar-refractivity contribution >= 4 is 0 Å². The summed E-state index contributed by atoms with van der Waals surface area (Å²) in [7, 11) is 0. The molecule has 0 aromatic heterocycles. The lowest BCUT2D eigenvalue weighted by molar-refractivity contribution is 0.149. The molecule has 0 aromatic carbocycles. The van der Waals surface area contributed by atoms with Crippen molar-refractivity contribution in [3.05, 3.63) is 0 Å². The van der Waals surface area contributed by atoms with E-state index in [-0.39, 0.29) is 12.8 Å². The van der Waals surface area contributed by atoms with E-state index in [2.05, 4.69) is 0 Å². The van der Waals surface area contributed by atoms with Gasteiger partial charge in [-0.1, -0.05) is 13.3 Å². The third-order valence-electron chi connectivity index (χ3n) is 1.54. The summed E-state index contributed by atoms with van der Waals surface area (Å²) in [5.41, 5.74) is 0. The van der Waals surface area contributed by atoms with Crippen LogP contribution in [0.25, 0.3) is 0 Å². The van der Waals surface area contributed by atoms with Gasteiger partial charge in [-0.05, 0) is 25.7 Å². The number of hydrogen-bond acceptors (Lipinski definition) is 1. The van der Waals surface area contributed by atoms with Gasteiger partial charge < -0.3 is 5.11 Å². The number of hydrogen-bond donors (Lipinski definition) is 1. The van der Waals surface area contributed by atoms with E-state index in [0.717, 1.165) is 25.7 Å². The fourth-order valence-corrected chi connectivity index (χ4v) is 0.952. The summed E-state index contributed by atoms with van der Waals surface area (Å²) in [5.74, 6) is 0.